The highest BCUT2D eigenvalue weighted by atomic mass is 19.4. The van der Waals surface area contributed by atoms with Crippen molar-refractivity contribution in [1.29, 1.82) is 0 Å². The van der Waals surface area contributed by atoms with Crippen LogP contribution in [0.25, 0.3) is 5.52 Å². The number of methoxy groups -OCH3 is 1. The molecule has 0 amide bonds. The summed E-state index contributed by atoms with van der Waals surface area (Å²) in [4.78, 5) is 6.31. The van der Waals surface area contributed by atoms with Gasteiger partial charge in [0.1, 0.15) is 5.52 Å². The summed E-state index contributed by atoms with van der Waals surface area (Å²) in [5.74, 6) is 0.526. The number of anilines is 1. The summed E-state index contributed by atoms with van der Waals surface area (Å²) in [5.41, 5.74) is -0.654. The Kier molecular flexibility index (Phi) is 3.74. The molecule has 0 saturated carbocycles. The van der Waals surface area contributed by atoms with Crippen molar-refractivity contribution in [3.05, 3.63) is 24.2 Å². The maximum absolute atomic E-state index is 12.9. The number of piperidine rings is 1. The van der Waals surface area contributed by atoms with E-state index in [9.17, 15) is 13.2 Å². The molecule has 0 spiro atoms. The second kappa shape index (κ2) is 5.36. The number of rotatable bonds is 2. The van der Waals surface area contributed by atoms with E-state index < -0.39 is 11.9 Å². The third kappa shape index (κ3) is 2.87. The molecule has 1 aliphatic rings. The zero-order chi connectivity index (χ0) is 16.8. The molecule has 0 aromatic carbocycles. The van der Waals surface area contributed by atoms with Gasteiger partial charge in [-0.1, -0.05) is 13.8 Å². The highest BCUT2D eigenvalue weighted by Crippen LogP contribution is 2.35. The predicted molar refractivity (Wildman–Crippen MR) is 79.4 cm³/mol. The van der Waals surface area contributed by atoms with Crippen LogP contribution >= 0.6 is 0 Å². The Hall–Kier alpha value is -1.83. The summed E-state index contributed by atoms with van der Waals surface area (Å²) < 4.78 is 45.4. The van der Waals surface area contributed by atoms with Crippen LogP contribution in [0.5, 0.6) is 0 Å². The number of nitrogens with zero attached hydrogens (tertiary/aromatic N) is 4. The molecule has 5 nitrogen and oxygen atoms in total. The van der Waals surface area contributed by atoms with Crippen LogP contribution in [0, 0.1) is 5.41 Å². The first-order valence-electron chi connectivity index (χ1n) is 7.42. The van der Waals surface area contributed by atoms with Gasteiger partial charge >= 0.3 is 6.18 Å². The molecule has 1 aliphatic heterocycles. The minimum atomic E-state index is -4.47. The van der Waals surface area contributed by atoms with Crippen LogP contribution in [0.3, 0.4) is 0 Å². The Labute approximate surface area is 132 Å². The van der Waals surface area contributed by atoms with Gasteiger partial charge in [-0.25, -0.2) is 9.50 Å². The molecule has 2 aromatic rings. The number of hydrogen-bond acceptors (Lipinski definition) is 4. The lowest BCUT2D eigenvalue weighted by Crippen LogP contribution is -2.49. The molecular weight excluding hydrogens is 309 g/mol. The van der Waals surface area contributed by atoms with Crippen molar-refractivity contribution in [2.45, 2.75) is 32.5 Å². The van der Waals surface area contributed by atoms with E-state index in [1.807, 2.05) is 4.90 Å². The van der Waals surface area contributed by atoms with E-state index in [2.05, 4.69) is 23.9 Å². The first kappa shape index (κ1) is 16.0. The minimum absolute atomic E-state index is 0.117. The van der Waals surface area contributed by atoms with E-state index in [4.69, 9.17) is 4.74 Å². The smallest absolute Gasteiger partial charge is 0.381 e. The van der Waals surface area contributed by atoms with Crippen molar-refractivity contribution in [3.8, 4) is 0 Å². The summed E-state index contributed by atoms with van der Waals surface area (Å²) in [6, 6.07) is 1.05. The van der Waals surface area contributed by atoms with Crippen LogP contribution in [0.15, 0.2) is 18.5 Å². The fourth-order valence-corrected chi connectivity index (χ4v) is 3.24. The van der Waals surface area contributed by atoms with Gasteiger partial charge in [-0.05, 0) is 6.42 Å². The van der Waals surface area contributed by atoms with Crippen molar-refractivity contribution >= 4 is 11.3 Å². The minimum Gasteiger partial charge on any atom is -0.381 e. The molecule has 0 bridgehead atoms. The lowest BCUT2D eigenvalue weighted by Gasteiger charge is -2.44. The lowest BCUT2D eigenvalue weighted by atomic mass is 9.81. The molecule has 3 rings (SSSR count). The average Bonchev–Trinajstić information content (AvgIpc) is 2.90. The lowest BCUT2D eigenvalue weighted by molar-refractivity contribution is -0.141. The first-order valence-corrected chi connectivity index (χ1v) is 7.42. The number of halogens is 3. The Morgan fingerprint density at radius 3 is 2.70 bits per heavy atom. The maximum atomic E-state index is 12.9. The Balaban J connectivity index is 1.99. The van der Waals surface area contributed by atoms with Crippen LogP contribution in [0.4, 0.5) is 19.0 Å². The van der Waals surface area contributed by atoms with Gasteiger partial charge in [0.25, 0.3) is 0 Å². The number of alkyl halides is 3. The standard InChI is InChI=1S/C15H19F3N4O/c1-14(2)9-21(6-4-12(14)23-3)13-10-8-11(15(16,17)18)20-22(10)7-5-19-13/h5,7-8,12H,4,6,9H2,1-3H3. The summed E-state index contributed by atoms with van der Waals surface area (Å²) in [7, 11) is 1.69. The highest BCUT2D eigenvalue weighted by molar-refractivity contribution is 5.69. The first-order chi connectivity index (χ1) is 10.7. The molecule has 3 heterocycles. The van der Waals surface area contributed by atoms with Crippen LogP contribution < -0.4 is 4.90 Å². The Morgan fingerprint density at radius 2 is 2.09 bits per heavy atom. The van der Waals surface area contributed by atoms with Gasteiger partial charge in [-0.15, -0.1) is 0 Å². The van der Waals surface area contributed by atoms with E-state index in [0.29, 0.717) is 24.4 Å². The second-order valence-corrected chi connectivity index (χ2v) is 6.53. The van der Waals surface area contributed by atoms with Crippen LogP contribution in [-0.2, 0) is 10.9 Å². The molecule has 1 atom stereocenters. The predicted octanol–water partition coefficient (Wildman–Crippen LogP) is 3.00. The number of ether oxygens (including phenoxy) is 1. The third-order valence-electron chi connectivity index (χ3n) is 4.38. The Morgan fingerprint density at radius 1 is 1.35 bits per heavy atom. The molecule has 0 aliphatic carbocycles. The molecular formula is C15H19F3N4O. The van der Waals surface area contributed by atoms with Gasteiger partial charge in [-0.2, -0.15) is 18.3 Å². The molecule has 0 N–H and O–H groups in total. The van der Waals surface area contributed by atoms with Crippen molar-refractivity contribution in [3.63, 3.8) is 0 Å². The van der Waals surface area contributed by atoms with Gasteiger partial charge in [0.15, 0.2) is 11.5 Å². The molecule has 0 radical (unpaired) electrons. The number of fused-ring (bicyclic) bond motifs is 1. The molecule has 2 aromatic heterocycles. The molecule has 1 fully saturated rings. The van der Waals surface area contributed by atoms with E-state index in [1.165, 1.54) is 16.9 Å². The van der Waals surface area contributed by atoms with Crippen molar-refractivity contribution in [1.82, 2.24) is 14.6 Å². The summed E-state index contributed by atoms with van der Waals surface area (Å²) in [5, 5.41) is 3.61. The van der Waals surface area contributed by atoms with E-state index in [1.54, 1.807) is 7.11 Å². The highest BCUT2D eigenvalue weighted by Gasteiger charge is 2.38. The largest absolute Gasteiger partial charge is 0.435 e. The fraction of sp³-hybridized carbons (Fsp3) is 0.600. The molecule has 8 heteroatoms. The Bertz CT molecular complexity index is 710. The van der Waals surface area contributed by atoms with Crippen LogP contribution in [-0.4, -0.2) is 40.9 Å². The zero-order valence-corrected chi connectivity index (χ0v) is 13.3. The van der Waals surface area contributed by atoms with Gasteiger partial charge < -0.3 is 9.64 Å². The zero-order valence-electron chi connectivity index (χ0n) is 13.3. The third-order valence-corrected chi connectivity index (χ3v) is 4.38. The van der Waals surface area contributed by atoms with E-state index in [-0.39, 0.29) is 11.5 Å². The summed E-state index contributed by atoms with van der Waals surface area (Å²) in [6.45, 7) is 5.52. The number of aromatic nitrogens is 3. The normalized spacial score (nSPS) is 21.8. The quantitative estimate of drug-likeness (QED) is 0.850. The summed E-state index contributed by atoms with van der Waals surface area (Å²) >= 11 is 0. The SMILES string of the molecule is COC1CCN(c2nccn3nc(C(F)(F)F)cc23)CC1(C)C. The molecule has 1 unspecified atom stereocenters. The van der Waals surface area contributed by atoms with Gasteiger partial charge in [0.2, 0.25) is 0 Å². The van der Waals surface area contributed by atoms with Crippen molar-refractivity contribution in [2.24, 2.45) is 5.41 Å². The summed E-state index contributed by atoms with van der Waals surface area (Å²) in [6.07, 6.45) is -0.640. The monoisotopic (exact) mass is 328 g/mol. The maximum Gasteiger partial charge on any atom is 0.435 e. The fourth-order valence-electron chi connectivity index (χ4n) is 3.24. The second-order valence-electron chi connectivity index (χ2n) is 6.53. The van der Waals surface area contributed by atoms with Gasteiger partial charge in [0.05, 0.1) is 6.10 Å². The number of hydrogen-bond donors (Lipinski definition) is 0. The van der Waals surface area contributed by atoms with Crippen LogP contribution in [0.1, 0.15) is 26.0 Å². The topological polar surface area (TPSA) is 42.7 Å². The van der Waals surface area contributed by atoms with E-state index in [0.717, 1.165) is 12.5 Å². The van der Waals surface area contributed by atoms with Crippen molar-refractivity contribution < 1.29 is 17.9 Å². The molecule has 126 valence electrons. The molecule has 23 heavy (non-hydrogen) atoms. The van der Waals surface area contributed by atoms with Crippen molar-refractivity contribution in [2.75, 3.05) is 25.1 Å². The van der Waals surface area contributed by atoms with Gasteiger partial charge in [0, 0.05) is 44.1 Å². The van der Waals surface area contributed by atoms with E-state index >= 15 is 0 Å². The van der Waals surface area contributed by atoms with Gasteiger partial charge in [-0.3, -0.25) is 0 Å². The average molecular weight is 328 g/mol. The molecule has 1 saturated heterocycles. The van der Waals surface area contributed by atoms with Crippen LogP contribution in [0.2, 0.25) is 0 Å².